The van der Waals surface area contributed by atoms with Crippen LogP contribution in [-0.2, 0) is 19.7 Å². The molecule has 56 heavy (non-hydrogen) atoms. The normalized spacial score (nSPS) is 27.8. The smallest absolute Gasteiger partial charge is 0.238 e. The van der Waals surface area contributed by atoms with Crippen molar-refractivity contribution >= 4 is 40.8 Å². The van der Waals surface area contributed by atoms with Crippen LogP contribution in [0.15, 0.2) is 85.1 Å². The van der Waals surface area contributed by atoms with Gasteiger partial charge in [0.05, 0.1) is 43.5 Å². The molecule has 4 N–H and O–H groups in total. The fourth-order valence-corrected chi connectivity index (χ4v) is 10.5. The first kappa shape index (κ1) is 38.9. The van der Waals surface area contributed by atoms with E-state index >= 15 is 14.0 Å². The zero-order chi connectivity index (χ0) is 39.4. The molecule has 10 nitrogen and oxygen atoms in total. The fraction of sp³-hybridized carbons (Fsp3) is 0.442. The summed E-state index contributed by atoms with van der Waals surface area (Å²) in [7, 11) is 0. The van der Waals surface area contributed by atoms with E-state index in [1.54, 1.807) is 12.1 Å². The highest BCUT2D eigenvalue weighted by Crippen LogP contribution is 2.69. The van der Waals surface area contributed by atoms with E-state index in [2.05, 4.69) is 39.3 Å². The summed E-state index contributed by atoms with van der Waals surface area (Å²) in [6, 6.07) is 21.1. The van der Waals surface area contributed by atoms with Gasteiger partial charge in [-0.2, -0.15) is 0 Å². The Kier molecular flexibility index (Phi) is 10.5. The number of carbonyl (C=O) groups excluding carboxylic acids is 2. The Labute approximate surface area is 335 Å². The third-order valence-electron chi connectivity index (χ3n) is 12.9. The first-order valence-corrected chi connectivity index (χ1v) is 20.0. The summed E-state index contributed by atoms with van der Waals surface area (Å²) < 4.78 is 22.9. The maximum Gasteiger partial charge on any atom is 0.238 e. The Balaban J connectivity index is 1.46. The summed E-state index contributed by atoms with van der Waals surface area (Å²) in [6.45, 7) is 4.41. The predicted octanol–water partition coefficient (Wildman–Crippen LogP) is 7.05. The average Bonchev–Trinajstić information content (AvgIpc) is 3.63. The Morgan fingerprint density at radius 2 is 1.68 bits per heavy atom. The highest BCUT2D eigenvalue weighted by Gasteiger charge is 2.77. The maximum absolute atomic E-state index is 17.0. The minimum atomic E-state index is -1.64. The molecule has 3 aliphatic heterocycles. The largest absolute Gasteiger partial charge is 0.394 e. The van der Waals surface area contributed by atoms with Crippen LogP contribution >= 0.6 is 23.2 Å². The molecule has 1 aliphatic carbocycles. The summed E-state index contributed by atoms with van der Waals surface area (Å²) in [5.41, 5.74) is -1.09. The number of benzene rings is 2. The van der Waals surface area contributed by atoms with E-state index in [-0.39, 0.29) is 46.4 Å². The molecule has 2 aromatic heterocycles. The summed E-state index contributed by atoms with van der Waals surface area (Å²) >= 11 is 13.0. The van der Waals surface area contributed by atoms with Crippen molar-refractivity contribution in [2.24, 2.45) is 5.41 Å². The van der Waals surface area contributed by atoms with Crippen molar-refractivity contribution in [3.63, 3.8) is 0 Å². The van der Waals surface area contributed by atoms with Crippen molar-refractivity contribution in [1.82, 2.24) is 20.2 Å². The molecule has 7 atom stereocenters. The molecule has 3 fully saturated rings. The lowest BCUT2D eigenvalue weighted by Gasteiger charge is -2.56. The van der Waals surface area contributed by atoms with Crippen LogP contribution in [0.2, 0.25) is 10.3 Å². The molecule has 0 radical (unpaired) electrons. The number of aromatic nitrogens is 2. The number of anilines is 1. The van der Waals surface area contributed by atoms with Crippen molar-refractivity contribution < 1.29 is 28.9 Å². The number of likely N-dealkylation sites (tertiary alicyclic amines) is 1. The number of halogens is 3. The number of nitrogens with zero attached hydrogens (tertiary/aromatic N) is 3. The zero-order valence-electron chi connectivity index (χ0n) is 31.3. The second kappa shape index (κ2) is 15.1. The van der Waals surface area contributed by atoms with Gasteiger partial charge >= 0.3 is 0 Å². The first-order chi connectivity index (χ1) is 26.9. The molecular formula is C43H46Cl2FN5O5. The van der Waals surface area contributed by atoms with Crippen molar-refractivity contribution in [2.75, 3.05) is 18.5 Å². The first-order valence-electron chi connectivity index (χ1n) is 19.3. The van der Waals surface area contributed by atoms with Crippen LogP contribution in [0.5, 0.6) is 0 Å². The number of carbonyl (C=O) groups is 2. The van der Waals surface area contributed by atoms with Crippen LogP contribution in [0, 0.1) is 11.2 Å². The summed E-state index contributed by atoms with van der Waals surface area (Å²) in [5, 5.41) is 28.6. The Hall–Kier alpha value is -3.97. The Morgan fingerprint density at radius 3 is 2.32 bits per heavy atom. The van der Waals surface area contributed by atoms with Crippen molar-refractivity contribution in [2.45, 2.75) is 99.6 Å². The van der Waals surface area contributed by atoms with Gasteiger partial charge in [-0.05, 0) is 72.8 Å². The average molecular weight is 803 g/mol. The van der Waals surface area contributed by atoms with Crippen LogP contribution in [-0.4, -0.2) is 73.8 Å². The number of nitrogens with one attached hydrogen (secondary N) is 2. The Morgan fingerprint density at radius 1 is 1.00 bits per heavy atom. The van der Waals surface area contributed by atoms with Gasteiger partial charge in [0.1, 0.15) is 16.4 Å². The monoisotopic (exact) mass is 801 g/mol. The minimum Gasteiger partial charge on any atom is -0.394 e. The lowest BCUT2D eigenvalue weighted by atomic mass is 9.53. The van der Waals surface area contributed by atoms with Gasteiger partial charge in [0, 0.05) is 23.2 Å². The second-order valence-corrected chi connectivity index (χ2v) is 17.2. The van der Waals surface area contributed by atoms with E-state index < -0.39 is 58.7 Å². The van der Waals surface area contributed by atoms with E-state index in [1.165, 1.54) is 12.3 Å². The van der Waals surface area contributed by atoms with Gasteiger partial charge in [-0.15, -0.1) is 0 Å². The summed E-state index contributed by atoms with van der Waals surface area (Å²) in [6.07, 6.45) is 3.09. The molecule has 8 rings (SSSR count). The quantitative estimate of drug-likeness (QED) is 0.139. The minimum absolute atomic E-state index is 0.0519. The van der Waals surface area contributed by atoms with E-state index in [1.807, 2.05) is 60.7 Å². The number of aliphatic hydroxyl groups excluding tert-OH is 2. The van der Waals surface area contributed by atoms with Crippen molar-refractivity contribution in [3.05, 3.63) is 123 Å². The van der Waals surface area contributed by atoms with Gasteiger partial charge in [-0.25, -0.2) is 14.4 Å². The molecule has 294 valence electrons. The van der Waals surface area contributed by atoms with Crippen molar-refractivity contribution in [1.29, 1.82) is 0 Å². The number of pyridine rings is 2. The van der Waals surface area contributed by atoms with E-state index in [0.29, 0.717) is 49.7 Å². The van der Waals surface area contributed by atoms with E-state index in [0.717, 1.165) is 5.56 Å². The number of amides is 2. The van der Waals surface area contributed by atoms with Crippen LogP contribution in [0.4, 0.5) is 10.2 Å². The molecule has 4 aliphatic rings. The number of rotatable bonds is 8. The number of hydrogen-bond acceptors (Lipinski definition) is 8. The topological polar surface area (TPSA) is 137 Å². The number of hydrogen-bond donors (Lipinski definition) is 4. The highest BCUT2D eigenvalue weighted by atomic mass is 35.5. The van der Waals surface area contributed by atoms with Gasteiger partial charge < -0.3 is 25.6 Å². The molecule has 2 amide bonds. The molecule has 4 aromatic rings. The van der Waals surface area contributed by atoms with Gasteiger partial charge in [-0.3, -0.25) is 14.5 Å². The third-order valence-corrected chi connectivity index (χ3v) is 13.4. The lowest BCUT2D eigenvalue weighted by molar-refractivity contribution is -0.138. The third kappa shape index (κ3) is 6.31. The highest BCUT2D eigenvalue weighted by molar-refractivity contribution is 6.30. The molecule has 1 saturated carbocycles. The zero-order valence-corrected chi connectivity index (χ0v) is 32.8. The maximum atomic E-state index is 17.0. The standard InChI is InChI=1S/C43H46Cl2FN5O5/c1-41(2)18-20-42(21-19-41)43(30-15-16-31(44)49-38(30)50-40(43)55)32(29-17-22-47-37(45)33(29)46)35(39(54)48-27-13-14-28(23-52)56-24-27)51(42)34(25-9-5-3-6-10-25)36(53)26-11-7-4-8-12-26/h3-12,15-17,22,27-28,32,34-36,52-53H,13-14,18-21,23-24H2,1-2H3,(H,48,54)(H,49,50,55)/t27-,28+,32-,34+,35+,36-,43?/m0/s1. The van der Waals surface area contributed by atoms with E-state index in [9.17, 15) is 10.2 Å². The van der Waals surface area contributed by atoms with Crippen molar-refractivity contribution in [3.8, 4) is 0 Å². The number of aliphatic hydroxyl groups is 2. The van der Waals surface area contributed by atoms with Gasteiger partial charge in [-0.1, -0.05) is 104 Å². The van der Waals surface area contributed by atoms with Crippen LogP contribution in [0.3, 0.4) is 0 Å². The molecule has 5 heterocycles. The van der Waals surface area contributed by atoms with E-state index in [4.69, 9.17) is 27.9 Å². The SMILES string of the molecule is CC1(C)CCC2(CC1)N([C@H](c1ccccc1)[C@@H](O)c1ccccc1)[C@@H](C(=O)N[C@H]1CC[C@H](CO)OC1)[C@H](c1ccnc(Cl)c1F)C21C(=O)Nc2nc(Cl)ccc21. The second-order valence-electron chi connectivity index (χ2n) is 16.5. The lowest BCUT2D eigenvalue weighted by Crippen LogP contribution is -2.64. The molecule has 1 unspecified atom stereocenters. The predicted molar refractivity (Wildman–Crippen MR) is 211 cm³/mol. The molecule has 2 spiro atoms. The van der Waals surface area contributed by atoms with Gasteiger partial charge in [0.2, 0.25) is 11.8 Å². The van der Waals surface area contributed by atoms with Gasteiger partial charge in [0.25, 0.3) is 0 Å². The molecular weight excluding hydrogens is 756 g/mol. The Bertz CT molecular complexity index is 2090. The summed E-state index contributed by atoms with van der Waals surface area (Å²) in [4.78, 5) is 41.8. The number of ether oxygens (including phenoxy) is 1. The molecule has 0 bridgehead atoms. The number of fused-ring (bicyclic) bond motifs is 3. The van der Waals surface area contributed by atoms with Crippen LogP contribution in [0.25, 0.3) is 0 Å². The van der Waals surface area contributed by atoms with Crippen LogP contribution < -0.4 is 10.6 Å². The summed E-state index contributed by atoms with van der Waals surface area (Å²) in [5.74, 6) is -2.68. The van der Waals surface area contributed by atoms with Gasteiger partial charge in [0.15, 0.2) is 11.0 Å². The fourth-order valence-electron chi connectivity index (χ4n) is 10.2. The molecule has 2 saturated heterocycles. The van der Waals surface area contributed by atoms with Crippen LogP contribution in [0.1, 0.15) is 92.7 Å². The molecule has 2 aromatic carbocycles. The molecule has 13 heteroatoms.